The van der Waals surface area contributed by atoms with Gasteiger partial charge in [-0.05, 0) is 17.7 Å². The van der Waals surface area contributed by atoms with Crippen LogP contribution in [0.5, 0.6) is 0 Å². The van der Waals surface area contributed by atoms with Gasteiger partial charge in [0, 0.05) is 16.5 Å². The van der Waals surface area contributed by atoms with Gasteiger partial charge in [0.2, 0.25) is 0 Å². The third kappa shape index (κ3) is 5.99. The van der Waals surface area contributed by atoms with Crippen LogP contribution in [0.4, 0.5) is 0 Å². The second-order valence-corrected chi connectivity index (χ2v) is 9.52. The molecule has 3 aromatic rings. The Labute approximate surface area is 202 Å². The lowest BCUT2D eigenvalue weighted by molar-refractivity contribution is -0.118. The quantitative estimate of drug-likeness (QED) is 0.167. The first-order chi connectivity index (χ1) is 15.2. The Kier molecular flexibility index (Phi) is 7.83. The van der Waals surface area contributed by atoms with Gasteiger partial charge in [-0.2, -0.15) is 0 Å². The van der Waals surface area contributed by atoms with Gasteiger partial charge in [0.25, 0.3) is 5.91 Å². The summed E-state index contributed by atoms with van der Waals surface area (Å²) in [5.41, 5.74) is 10.7. The summed E-state index contributed by atoms with van der Waals surface area (Å²) in [4.78, 5) is 12.3. The molecule has 1 aliphatic rings. The van der Waals surface area contributed by atoms with Gasteiger partial charge < -0.3 is 0 Å². The van der Waals surface area contributed by atoms with Crippen LogP contribution in [-0.4, -0.2) is 41.4 Å². The molecule has 1 unspecified atom stereocenters. The molecule has 0 radical (unpaired) electrons. The molecule has 0 saturated carbocycles. The molecule has 31 heavy (non-hydrogen) atoms. The molecule has 2 heterocycles. The Morgan fingerprint density at radius 1 is 1.16 bits per heavy atom. The van der Waals surface area contributed by atoms with Gasteiger partial charge in [0.1, 0.15) is 5.82 Å². The molecule has 3 N–H and O–H groups in total. The Morgan fingerprint density at radius 2 is 1.90 bits per heavy atom. The Balaban J connectivity index is 1.45. The first-order valence-electron chi connectivity index (χ1n) is 9.50. The monoisotopic (exact) mass is 565 g/mol. The molecule has 1 fully saturated rings. The van der Waals surface area contributed by atoms with Gasteiger partial charge in [-0.1, -0.05) is 94.6 Å². The summed E-state index contributed by atoms with van der Waals surface area (Å²) in [6, 6.07) is 20.1. The molecule has 1 aromatic heterocycles. The largest absolute Gasteiger partial charge is 0.298 e. The maximum absolute atomic E-state index is 12.3. The first kappa shape index (κ1) is 22.1. The zero-order valence-corrected chi connectivity index (χ0v) is 20.2. The predicted molar refractivity (Wildman–Crippen MR) is 133 cm³/mol. The van der Waals surface area contributed by atoms with Crippen molar-refractivity contribution in [3.63, 3.8) is 0 Å². The predicted octanol–water partition coefficient (Wildman–Crippen LogP) is 2.94. The van der Waals surface area contributed by atoms with Gasteiger partial charge in [0.05, 0.1) is 11.1 Å². The van der Waals surface area contributed by atoms with E-state index in [4.69, 9.17) is 0 Å². The van der Waals surface area contributed by atoms with E-state index in [1.54, 1.807) is 11.8 Å². The van der Waals surface area contributed by atoms with Gasteiger partial charge in [-0.3, -0.25) is 14.8 Å². The van der Waals surface area contributed by atoms with E-state index in [-0.39, 0.29) is 17.0 Å². The van der Waals surface area contributed by atoms with Crippen molar-refractivity contribution in [2.75, 3.05) is 10.2 Å². The number of hydrogen-bond donors (Lipinski definition) is 3. The number of amidine groups is 1. The maximum atomic E-state index is 12.3. The summed E-state index contributed by atoms with van der Waals surface area (Å²) < 4.78 is 2.93. The molecule has 0 aliphatic carbocycles. The second kappa shape index (κ2) is 11.0. The van der Waals surface area contributed by atoms with Crippen LogP contribution in [0.3, 0.4) is 0 Å². The van der Waals surface area contributed by atoms with Crippen LogP contribution in [0, 0.1) is 0 Å². The number of nitrogens with one attached hydrogen (secondary N) is 3. The summed E-state index contributed by atoms with van der Waals surface area (Å²) in [7, 11) is 0. The number of aromatic nitrogens is 3. The SMILES string of the molecule is O=C(CSc1nnc(Cc2ccccc2)n1-c1ccccc1)N/N=C1/NNC(CI)S1. The summed E-state index contributed by atoms with van der Waals surface area (Å²) in [6.07, 6.45) is 0.650. The van der Waals surface area contributed by atoms with E-state index in [1.165, 1.54) is 11.8 Å². The Bertz CT molecular complexity index is 1050. The smallest absolute Gasteiger partial charge is 0.250 e. The molecule has 1 amide bonds. The number of para-hydroxylation sites is 1. The van der Waals surface area contributed by atoms with Gasteiger partial charge in [0.15, 0.2) is 10.3 Å². The molecule has 1 saturated heterocycles. The van der Waals surface area contributed by atoms with Crippen LogP contribution in [0.2, 0.25) is 0 Å². The molecule has 1 atom stereocenters. The van der Waals surface area contributed by atoms with Crippen molar-refractivity contribution in [3.8, 4) is 5.69 Å². The number of nitrogens with zero attached hydrogens (tertiary/aromatic N) is 4. The van der Waals surface area contributed by atoms with E-state index in [0.29, 0.717) is 16.7 Å². The average molecular weight is 565 g/mol. The molecule has 8 nitrogen and oxygen atoms in total. The van der Waals surface area contributed by atoms with Crippen LogP contribution in [-0.2, 0) is 11.2 Å². The number of thioether (sulfide) groups is 2. The lowest BCUT2D eigenvalue weighted by atomic mass is 10.1. The van der Waals surface area contributed by atoms with Crippen LogP contribution in [0.25, 0.3) is 5.69 Å². The van der Waals surface area contributed by atoms with E-state index < -0.39 is 0 Å². The number of hydrazone groups is 1. The molecular weight excluding hydrogens is 545 g/mol. The molecule has 160 valence electrons. The van der Waals surface area contributed by atoms with Crippen molar-refractivity contribution in [2.45, 2.75) is 17.0 Å². The van der Waals surface area contributed by atoms with Crippen LogP contribution < -0.4 is 16.3 Å². The first-order valence-corrected chi connectivity index (χ1v) is 12.9. The molecule has 0 bridgehead atoms. The number of amides is 1. The lowest BCUT2D eigenvalue weighted by Crippen LogP contribution is -2.33. The zero-order chi connectivity index (χ0) is 21.5. The standard InChI is InChI=1S/C20H20IN7OS2/c21-12-18-24-26-19(31-18)25-23-17(29)13-30-20-27-22-16(11-14-7-3-1-4-8-14)28(20)15-9-5-2-6-10-15/h1-10,18,24H,11-13H2,(H,23,29)(H,25,26). The highest BCUT2D eigenvalue weighted by atomic mass is 127. The molecular formula is C20H20IN7OS2. The summed E-state index contributed by atoms with van der Waals surface area (Å²) in [6.45, 7) is 0. The topological polar surface area (TPSA) is 96.2 Å². The molecule has 4 rings (SSSR count). The Hall–Kier alpha value is -2.09. The molecule has 0 spiro atoms. The van der Waals surface area contributed by atoms with Crippen molar-refractivity contribution in [3.05, 3.63) is 72.1 Å². The minimum Gasteiger partial charge on any atom is -0.298 e. The van der Waals surface area contributed by atoms with Gasteiger partial charge >= 0.3 is 0 Å². The highest BCUT2D eigenvalue weighted by Crippen LogP contribution is 2.23. The van der Waals surface area contributed by atoms with E-state index in [9.17, 15) is 4.79 Å². The fraction of sp³-hybridized carbons (Fsp3) is 0.200. The van der Waals surface area contributed by atoms with Crippen molar-refractivity contribution in [1.82, 2.24) is 31.0 Å². The summed E-state index contributed by atoms with van der Waals surface area (Å²) in [5.74, 6) is 0.800. The van der Waals surface area contributed by atoms with Crippen molar-refractivity contribution in [1.29, 1.82) is 0 Å². The number of alkyl halides is 1. The number of carbonyl (C=O) groups excluding carboxylic acids is 1. The molecule has 11 heteroatoms. The highest BCUT2D eigenvalue weighted by Gasteiger charge is 2.20. The normalized spacial score (nSPS) is 16.9. The molecule has 1 aliphatic heterocycles. The number of benzene rings is 2. The second-order valence-electron chi connectivity index (χ2n) is 6.50. The third-order valence-electron chi connectivity index (χ3n) is 4.27. The van der Waals surface area contributed by atoms with Crippen molar-refractivity contribution >= 4 is 57.2 Å². The number of halogens is 1. The van der Waals surface area contributed by atoms with Crippen LogP contribution in [0.15, 0.2) is 70.9 Å². The fourth-order valence-electron chi connectivity index (χ4n) is 2.86. The van der Waals surface area contributed by atoms with E-state index in [1.807, 2.05) is 53.1 Å². The third-order valence-corrected chi connectivity index (χ3v) is 7.66. The summed E-state index contributed by atoms with van der Waals surface area (Å²) in [5, 5.41) is 14.4. The highest BCUT2D eigenvalue weighted by molar-refractivity contribution is 14.1. The number of hydrazine groups is 1. The number of hydrogen-bond acceptors (Lipinski definition) is 7. The van der Waals surface area contributed by atoms with Crippen molar-refractivity contribution < 1.29 is 4.79 Å². The number of rotatable bonds is 8. The number of carbonyl (C=O) groups is 1. The maximum Gasteiger partial charge on any atom is 0.250 e. The van der Waals surface area contributed by atoms with E-state index in [0.717, 1.165) is 21.5 Å². The lowest BCUT2D eigenvalue weighted by Gasteiger charge is -2.10. The zero-order valence-electron chi connectivity index (χ0n) is 16.4. The minimum absolute atomic E-state index is 0.181. The van der Waals surface area contributed by atoms with Gasteiger partial charge in [-0.25, -0.2) is 10.9 Å². The van der Waals surface area contributed by atoms with Gasteiger partial charge in [-0.15, -0.1) is 15.3 Å². The van der Waals surface area contributed by atoms with Crippen molar-refractivity contribution in [2.24, 2.45) is 5.10 Å². The molecule has 2 aromatic carbocycles. The van der Waals surface area contributed by atoms with Crippen LogP contribution >= 0.6 is 46.1 Å². The van der Waals surface area contributed by atoms with E-state index >= 15 is 0 Å². The average Bonchev–Trinajstić information content (AvgIpc) is 3.44. The van der Waals surface area contributed by atoms with E-state index in [2.05, 4.69) is 66.3 Å². The fourth-order valence-corrected chi connectivity index (χ4v) is 5.05. The summed E-state index contributed by atoms with van der Waals surface area (Å²) >= 11 is 5.17. The minimum atomic E-state index is -0.204. The van der Waals surface area contributed by atoms with Crippen LogP contribution in [0.1, 0.15) is 11.4 Å². The Morgan fingerprint density at radius 3 is 2.61 bits per heavy atom.